The van der Waals surface area contributed by atoms with Crippen LogP contribution >= 0.6 is 11.3 Å². The van der Waals surface area contributed by atoms with Gasteiger partial charge in [-0.3, -0.25) is 4.79 Å². The zero-order valence-electron chi connectivity index (χ0n) is 12.2. The molecule has 1 aliphatic heterocycles. The quantitative estimate of drug-likeness (QED) is 0.941. The van der Waals surface area contributed by atoms with E-state index < -0.39 is 0 Å². The van der Waals surface area contributed by atoms with E-state index in [-0.39, 0.29) is 5.91 Å². The van der Waals surface area contributed by atoms with E-state index in [9.17, 15) is 4.79 Å². The Balaban J connectivity index is 1.59. The number of amides is 1. The minimum Gasteiger partial charge on any atom is -0.349 e. The van der Waals surface area contributed by atoms with Gasteiger partial charge in [0.15, 0.2) is 0 Å². The largest absolute Gasteiger partial charge is 0.349 e. The number of hydrogen-bond acceptors (Lipinski definition) is 5. The summed E-state index contributed by atoms with van der Waals surface area (Å²) in [6, 6.07) is 2.17. The second-order valence-corrected chi connectivity index (χ2v) is 6.51. The molecule has 0 saturated carbocycles. The molecule has 1 N–H and O–H groups in total. The summed E-state index contributed by atoms with van der Waals surface area (Å²) in [5, 5.41) is 4.09. The van der Waals surface area contributed by atoms with Crippen molar-refractivity contribution < 1.29 is 4.79 Å². The highest BCUT2D eigenvalue weighted by molar-refractivity contribution is 7.20. The van der Waals surface area contributed by atoms with Crippen molar-refractivity contribution >= 4 is 27.5 Å². The first-order valence-electron chi connectivity index (χ1n) is 7.49. The smallest absolute Gasteiger partial charge is 0.261 e. The Labute approximate surface area is 128 Å². The first kappa shape index (κ1) is 14.4. The summed E-state index contributed by atoms with van der Waals surface area (Å²) in [5.41, 5.74) is 0. The molecule has 0 aromatic carbocycles. The third-order valence-corrected chi connectivity index (χ3v) is 4.94. The topological polar surface area (TPSA) is 58.1 Å². The van der Waals surface area contributed by atoms with Crippen LogP contribution in [0.3, 0.4) is 0 Å². The van der Waals surface area contributed by atoms with Gasteiger partial charge in [-0.05, 0) is 31.9 Å². The molecule has 0 atom stereocenters. The normalized spacial score (nSPS) is 17.2. The van der Waals surface area contributed by atoms with Gasteiger partial charge in [0.2, 0.25) is 0 Å². The van der Waals surface area contributed by atoms with Crippen molar-refractivity contribution in [2.75, 3.05) is 19.6 Å². The third kappa shape index (κ3) is 3.39. The lowest BCUT2D eigenvalue weighted by Gasteiger charge is -2.31. The highest BCUT2D eigenvalue weighted by Gasteiger charge is 2.21. The zero-order chi connectivity index (χ0) is 14.7. The molecule has 5 nitrogen and oxygen atoms in total. The van der Waals surface area contributed by atoms with Crippen LogP contribution < -0.4 is 5.32 Å². The minimum atomic E-state index is 0.0203. The van der Waals surface area contributed by atoms with Crippen LogP contribution in [-0.4, -0.2) is 46.5 Å². The van der Waals surface area contributed by atoms with Crippen LogP contribution in [0.1, 0.15) is 35.9 Å². The van der Waals surface area contributed by atoms with Crippen LogP contribution in [0, 0.1) is 0 Å². The fourth-order valence-electron chi connectivity index (χ4n) is 2.77. The number of thiophene rings is 1. The van der Waals surface area contributed by atoms with E-state index in [2.05, 4.69) is 27.1 Å². The number of nitrogens with one attached hydrogen (secondary N) is 1. The predicted molar refractivity (Wildman–Crippen MR) is 84.6 cm³/mol. The number of carbonyl (C=O) groups is 1. The first-order chi connectivity index (χ1) is 10.3. The van der Waals surface area contributed by atoms with Gasteiger partial charge in [-0.25, -0.2) is 9.97 Å². The average molecular weight is 304 g/mol. The van der Waals surface area contributed by atoms with Crippen molar-refractivity contribution in [3.05, 3.63) is 23.5 Å². The van der Waals surface area contributed by atoms with Gasteiger partial charge in [0.25, 0.3) is 5.91 Å². The van der Waals surface area contributed by atoms with Crippen LogP contribution in [0.25, 0.3) is 10.2 Å². The molecule has 6 heteroatoms. The molecule has 0 unspecified atom stereocenters. The summed E-state index contributed by atoms with van der Waals surface area (Å²) < 4.78 is 0. The molecule has 1 fully saturated rings. The summed E-state index contributed by atoms with van der Waals surface area (Å²) in [4.78, 5) is 24.6. The molecule has 0 spiro atoms. The summed E-state index contributed by atoms with van der Waals surface area (Å²) in [7, 11) is 0. The maximum atomic E-state index is 12.3. The Morgan fingerprint density at radius 2 is 2.29 bits per heavy atom. The molecule has 0 radical (unpaired) electrons. The fourth-order valence-corrected chi connectivity index (χ4v) is 3.65. The maximum Gasteiger partial charge on any atom is 0.261 e. The van der Waals surface area contributed by atoms with Crippen LogP contribution in [-0.2, 0) is 0 Å². The Bertz CT molecular complexity index is 586. The molecule has 3 heterocycles. The Morgan fingerprint density at radius 1 is 1.48 bits per heavy atom. The minimum absolute atomic E-state index is 0.0203. The van der Waals surface area contributed by atoms with Crippen molar-refractivity contribution in [1.29, 1.82) is 0 Å². The number of piperidine rings is 1. The molecule has 2 aromatic heterocycles. The molecule has 0 aliphatic carbocycles. The molecular formula is C15H20N4OS. The molecule has 1 aliphatic rings. The van der Waals surface area contributed by atoms with E-state index in [1.807, 2.05) is 6.07 Å². The number of nitrogens with zero attached hydrogens (tertiary/aromatic N) is 3. The molecule has 112 valence electrons. The van der Waals surface area contributed by atoms with E-state index in [1.54, 1.807) is 6.20 Å². The first-order valence-corrected chi connectivity index (χ1v) is 8.30. The zero-order valence-corrected chi connectivity index (χ0v) is 13.0. The Morgan fingerprint density at radius 3 is 3.00 bits per heavy atom. The van der Waals surface area contributed by atoms with Gasteiger partial charge in [-0.1, -0.05) is 6.92 Å². The fraction of sp³-hybridized carbons (Fsp3) is 0.533. The van der Waals surface area contributed by atoms with Crippen molar-refractivity contribution in [3.63, 3.8) is 0 Å². The van der Waals surface area contributed by atoms with E-state index in [4.69, 9.17) is 0 Å². The molecular weight excluding hydrogens is 284 g/mol. The molecule has 1 saturated heterocycles. The summed E-state index contributed by atoms with van der Waals surface area (Å²) in [6.45, 7) is 5.53. The number of rotatable bonds is 4. The van der Waals surface area contributed by atoms with Crippen LogP contribution in [0.15, 0.2) is 18.6 Å². The molecule has 21 heavy (non-hydrogen) atoms. The number of fused-ring (bicyclic) bond motifs is 1. The summed E-state index contributed by atoms with van der Waals surface area (Å²) in [5.74, 6) is 0.0203. The van der Waals surface area contributed by atoms with Gasteiger partial charge in [0.1, 0.15) is 11.2 Å². The van der Waals surface area contributed by atoms with Crippen LogP contribution in [0.4, 0.5) is 0 Å². The number of hydrogen-bond donors (Lipinski definition) is 1. The second-order valence-electron chi connectivity index (χ2n) is 5.48. The highest BCUT2D eigenvalue weighted by Crippen LogP contribution is 2.23. The van der Waals surface area contributed by atoms with Gasteiger partial charge >= 0.3 is 0 Å². The van der Waals surface area contributed by atoms with E-state index in [1.165, 1.54) is 24.1 Å². The summed E-state index contributed by atoms with van der Waals surface area (Å²) >= 11 is 1.43. The Hall–Kier alpha value is -1.53. The van der Waals surface area contributed by atoms with Gasteiger partial charge in [0, 0.05) is 30.7 Å². The van der Waals surface area contributed by atoms with E-state index in [0.717, 1.165) is 47.6 Å². The van der Waals surface area contributed by atoms with Gasteiger partial charge < -0.3 is 10.2 Å². The standard InChI is InChI=1S/C15H20N4OS/c1-2-5-19-6-3-12(4-7-19)18-14(20)13-8-11-9-16-10-17-15(11)21-13/h8-10,12H,2-7H2,1H3,(H,18,20). The SMILES string of the molecule is CCCN1CCC(NC(=O)c2cc3cncnc3s2)CC1. The third-order valence-electron chi connectivity index (χ3n) is 3.88. The molecule has 1 amide bonds. The average Bonchev–Trinajstić information content (AvgIpc) is 2.94. The van der Waals surface area contributed by atoms with Gasteiger partial charge in [-0.15, -0.1) is 11.3 Å². The van der Waals surface area contributed by atoms with Gasteiger partial charge in [0.05, 0.1) is 4.88 Å². The van der Waals surface area contributed by atoms with Crippen molar-refractivity contribution in [2.45, 2.75) is 32.2 Å². The van der Waals surface area contributed by atoms with E-state index in [0.29, 0.717) is 6.04 Å². The second kappa shape index (κ2) is 6.49. The van der Waals surface area contributed by atoms with Crippen molar-refractivity contribution in [2.24, 2.45) is 0 Å². The van der Waals surface area contributed by atoms with Crippen LogP contribution in [0.5, 0.6) is 0 Å². The monoisotopic (exact) mass is 304 g/mol. The Kier molecular flexibility index (Phi) is 4.45. The number of likely N-dealkylation sites (tertiary alicyclic amines) is 1. The lowest BCUT2D eigenvalue weighted by molar-refractivity contribution is 0.0915. The number of carbonyl (C=O) groups excluding carboxylic acids is 1. The van der Waals surface area contributed by atoms with E-state index >= 15 is 0 Å². The summed E-state index contributed by atoms with van der Waals surface area (Å²) in [6.07, 6.45) is 6.54. The van der Waals surface area contributed by atoms with Crippen molar-refractivity contribution in [3.8, 4) is 0 Å². The maximum absolute atomic E-state index is 12.3. The lowest BCUT2D eigenvalue weighted by Crippen LogP contribution is -2.44. The highest BCUT2D eigenvalue weighted by atomic mass is 32.1. The van der Waals surface area contributed by atoms with Crippen LogP contribution in [0.2, 0.25) is 0 Å². The lowest BCUT2D eigenvalue weighted by atomic mass is 10.0. The molecule has 2 aromatic rings. The van der Waals surface area contributed by atoms with Crippen molar-refractivity contribution in [1.82, 2.24) is 20.2 Å². The molecule has 3 rings (SSSR count). The predicted octanol–water partition coefficient (Wildman–Crippen LogP) is 2.30. The van der Waals surface area contributed by atoms with Gasteiger partial charge in [-0.2, -0.15) is 0 Å². The number of aromatic nitrogens is 2. The molecule has 0 bridgehead atoms.